The molecule has 1 aliphatic heterocycles. The lowest BCUT2D eigenvalue weighted by molar-refractivity contribution is -0.138. The number of pyridine rings is 1. The van der Waals surface area contributed by atoms with E-state index in [4.69, 9.17) is 4.74 Å². The molecular weight excluding hydrogens is 299 g/mol. The maximum Gasteiger partial charge on any atom is 0.228 e. The summed E-state index contributed by atoms with van der Waals surface area (Å²) in [6, 6.07) is 3.69. The molecule has 1 N–H and O–H groups in total. The molecule has 23 heavy (non-hydrogen) atoms. The Morgan fingerprint density at radius 3 is 2.96 bits per heavy atom. The van der Waals surface area contributed by atoms with Crippen LogP contribution >= 0.6 is 0 Å². The van der Waals surface area contributed by atoms with E-state index in [1.54, 1.807) is 6.20 Å². The number of imidazole rings is 1. The van der Waals surface area contributed by atoms with Gasteiger partial charge in [0.05, 0.1) is 12.1 Å². The van der Waals surface area contributed by atoms with E-state index < -0.39 is 17.7 Å². The van der Waals surface area contributed by atoms with E-state index in [1.165, 1.54) is 4.90 Å². The van der Waals surface area contributed by atoms with Gasteiger partial charge in [-0.05, 0) is 12.1 Å². The summed E-state index contributed by atoms with van der Waals surface area (Å²) < 4.78 is 19.8. The number of carbonyl (C=O) groups excluding carboxylic acids is 1. The number of nitrogens with one attached hydrogen (secondary N) is 1. The van der Waals surface area contributed by atoms with Gasteiger partial charge in [-0.2, -0.15) is 0 Å². The minimum absolute atomic E-state index is 0.0563. The van der Waals surface area contributed by atoms with Crippen molar-refractivity contribution in [3.05, 3.63) is 24.2 Å². The minimum atomic E-state index is -1.18. The largest absolute Gasteiger partial charge is 0.365 e. The van der Waals surface area contributed by atoms with Crippen LogP contribution in [0.1, 0.15) is 26.6 Å². The molecule has 124 valence electrons. The molecule has 2 atom stereocenters. The van der Waals surface area contributed by atoms with Crippen LogP contribution in [0.3, 0.4) is 0 Å². The Balaban J connectivity index is 1.61. The molecule has 0 radical (unpaired) electrons. The van der Waals surface area contributed by atoms with Gasteiger partial charge in [0.15, 0.2) is 5.65 Å². The molecule has 0 saturated carbocycles. The second kappa shape index (κ2) is 5.88. The molecule has 1 fully saturated rings. The van der Waals surface area contributed by atoms with Crippen molar-refractivity contribution in [2.24, 2.45) is 5.41 Å². The first-order valence-corrected chi connectivity index (χ1v) is 7.69. The molecule has 0 spiro atoms. The zero-order valence-electron chi connectivity index (χ0n) is 13.5. The van der Waals surface area contributed by atoms with Crippen molar-refractivity contribution in [3.63, 3.8) is 0 Å². The minimum Gasteiger partial charge on any atom is -0.365 e. The number of H-pyrrole nitrogens is 1. The Morgan fingerprint density at radius 2 is 2.26 bits per heavy atom. The summed E-state index contributed by atoms with van der Waals surface area (Å²) in [6.07, 6.45) is -0.135. The Bertz CT molecular complexity index is 676. The van der Waals surface area contributed by atoms with E-state index in [0.29, 0.717) is 11.5 Å². The third kappa shape index (κ3) is 3.34. The van der Waals surface area contributed by atoms with Crippen LogP contribution in [0.15, 0.2) is 18.3 Å². The zero-order valence-corrected chi connectivity index (χ0v) is 13.5. The van der Waals surface area contributed by atoms with Gasteiger partial charge in [0.1, 0.15) is 24.7 Å². The van der Waals surface area contributed by atoms with Gasteiger partial charge in [0.25, 0.3) is 0 Å². The van der Waals surface area contributed by atoms with E-state index in [2.05, 4.69) is 15.0 Å². The lowest BCUT2D eigenvalue weighted by Gasteiger charge is -2.25. The number of nitrogens with zero attached hydrogens (tertiary/aromatic N) is 3. The highest BCUT2D eigenvalue weighted by Crippen LogP contribution is 2.24. The fourth-order valence-electron chi connectivity index (χ4n) is 2.68. The second-order valence-electron chi connectivity index (χ2n) is 6.88. The maximum atomic E-state index is 14.1. The molecule has 2 unspecified atom stereocenters. The Kier molecular flexibility index (Phi) is 4.06. The van der Waals surface area contributed by atoms with Crippen LogP contribution in [0.2, 0.25) is 0 Å². The van der Waals surface area contributed by atoms with Crippen molar-refractivity contribution in [1.29, 1.82) is 0 Å². The predicted octanol–water partition coefficient (Wildman–Crippen LogP) is 2.07. The summed E-state index contributed by atoms with van der Waals surface area (Å²) in [5.41, 5.74) is 0.914. The van der Waals surface area contributed by atoms with Gasteiger partial charge in [0.2, 0.25) is 5.91 Å². The first-order chi connectivity index (χ1) is 10.8. The van der Waals surface area contributed by atoms with Gasteiger partial charge >= 0.3 is 0 Å². The summed E-state index contributed by atoms with van der Waals surface area (Å²) in [5, 5.41) is 0. The smallest absolute Gasteiger partial charge is 0.228 e. The third-order valence-corrected chi connectivity index (χ3v) is 3.87. The fraction of sp³-hybridized carbons (Fsp3) is 0.562. The van der Waals surface area contributed by atoms with Gasteiger partial charge in [-0.15, -0.1) is 0 Å². The average molecular weight is 320 g/mol. The van der Waals surface area contributed by atoms with E-state index in [1.807, 2.05) is 32.9 Å². The van der Waals surface area contributed by atoms with Crippen LogP contribution < -0.4 is 0 Å². The lowest BCUT2D eigenvalue weighted by atomic mass is 9.95. The molecule has 7 heteroatoms. The normalized spacial score (nSPS) is 22.0. The molecule has 0 aromatic carbocycles. The predicted molar refractivity (Wildman–Crippen MR) is 83.4 cm³/mol. The number of alkyl halides is 1. The molecule has 1 saturated heterocycles. The topological polar surface area (TPSA) is 71.1 Å². The van der Waals surface area contributed by atoms with Crippen LogP contribution in [-0.4, -0.2) is 51.1 Å². The van der Waals surface area contributed by atoms with E-state index >= 15 is 0 Å². The fourth-order valence-corrected chi connectivity index (χ4v) is 2.68. The summed E-state index contributed by atoms with van der Waals surface area (Å²) >= 11 is 0. The highest BCUT2D eigenvalue weighted by Gasteiger charge is 2.39. The standard InChI is InChI=1S/C16H21FN4O2/c1-16(2,3)15(22)21-7-10(17)12(8-21)23-9-13-19-11-5-4-6-18-14(11)20-13/h4-6,10,12H,7-9H2,1-3H3,(H,18,19,20). The van der Waals surface area contributed by atoms with E-state index in [9.17, 15) is 9.18 Å². The molecule has 1 amide bonds. The van der Waals surface area contributed by atoms with Crippen molar-refractivity contribution >= 4 is 17.1 Å². The maximum absolute atomic E-state index is 14.1. The molecule has 0 bridgehead atoms. The molecular formula is C16H21FN4O2. The van der Waals surface area contributed by atoms with Crippen molar-refractivity contribution in [3.8, 4) is 0 Å². The lowest BCUT2D eigenvalue weighted by Crippen LogP contribution is -2.38. The second-order valence-corrected chi connectivity index (χ2v) is 6.88. The van der Waals surface area contributed by atoms with Crippen molar-refractivity contribution in [2.75, 3.05) is 13.1 Å². The van der Waals surface area contributed by atoms with Crippen LogP contribution in [0.5, 0.6) is 0 Å². The highest BCUT2D eigenvalue weighted by atomic mass is 19.1. The summed E-state index contributed by atoms with van der Waals surface area (Å²) in [6.45, 7) is 6.02. The Hall–Kier alpha value is -2.02. The number of hydrogen-bond donors (Lipinski definition) is 1. The first kappa shape index (κ1) is 15.9. The van der Waals surface area contributed by atoms with Crippen molar-refractivity contribution < 1.29 is 13.9 Å². The van der Waals surface area contributed by atoms with Gasteiger partial charge in [0, 0.05) is 18.2 Å². The average Bonchev–Trinajstić information content (AvgIpc) is 3.06. The van der Waals surface area contributed by atoms with Gasteiger partial charge in [-0.1, -0.05) is 20.8 Å². The van der Waals surface area contributed by atoms with Crippen molar-refractivity contribution in [2.45, 2.75) is 39.7 Å². The summed E-state index contributed by atoms with van der Waals surface area (Å²) in [7, 11) is 0. The van der Waals surface area contributed by atoms with E-state index in [-0.39, 0.29) is 25.6 Å². The number of amides is 1. The monoisotopic (exact) mass is 320 g/mol. The molecule has 2 aromatic rings. The van der Waals surface area contributed by atoms with Gasteiger partial charge in [-0.25, -0.2) is 14.4 Å². The molecule has 2 aromatic heterocycles. The number of likely N-dealkylation sites (tertiary alicyclic amines) is 1. The number of aromatic amines is 1. The van der Waals surface area contributed by atoms with Gasteiger partial charge in [-0.3, -0.25) is 4.79 Å². The molecule has 1 aliphatic rings. The number of rotatable bonds is 3. The quantitative estimate of drug-likeness (QED) is 0.940. The van der Waals surface area contributed by atoms with Crippen molar-refractivity contribution in [1.82, 2.24) is 19.9 Å². The Labute approximate surface area is 134 Å². The van der Waals surface area contributed by atoms with E-state index in [0.717, 1.165) is 5.52 Å². The van der Waals surface area contributed by atoms with Crippen LogP contribution in [0.4, 0.5) is 4.39 Å². The zero-order chi connectivity index (χ0) is 16.6. The third-order valence-electron chi connectivity index (χ3n) is 3.87. The number of carbonyl (C=O) groups is 1. The number of aromatic nitrogens is 3. The van der Waals surface area contributed by atoms with Crippen LogP contribution in [-0.2, 0) is 16.1 Å². The SMILES string of the molecule is CC(C)(C)C(=O)N1CC(F)C(OCc2nc3ncccc3[nH]2)C1. The molecule has 3 rings (SSSR count). The summed E-state index contributed by atoms with van der Waals surface area (Å²) in [4.78, 5) is 25.3. The Morgan fingerprint density at radius 1 is 1.48 bits per heavy atom. The van der Waals surface area contributed by atoms with Crippen LogP contribution in [0.25, 0.3) is 11.2 Å². The first-order valence-electron chi connectivity index (χ1n) is 7.69. The number of fused-ring (bicyclic) bond motifs is 1. The van der Waals surface area contributed by atoms with Crippen LogP contribution in [0, 0.1) is 5.41 Å². The van der Waals surface area contributed by atoms with Gasteiger partial charge < -0.3 is 14.6 Å². The number of hydrogen-bond acceptors (Lipinski definition) is 4. The number of halogens is 1. The molecule has 0 aliphatic carbocycles. The highest BCUT2D eigenvalue weighted by molar-refractivity contribution is 5.81. The molecule has 3 heterocycles. The summed E-state index contributed by atoms with van der Waals surface area (Å²) in [5.74, 6) is 0.547. The number of ether oxygens (including phenoxy) is 1. The molecule has 6 nitrogen and oxygen atoms in total.